The highest BCUT2D eigenvalue weighted by Crippen LogP contribution is 2.39. The smallest absolute Gasteiger partial charge is 0.234 e. The van der Waals surface area contributed by atoms with Gasteiger partial charge in [-0.3, -0.25) is 9.69 Å². The summed E-state index contributed by atoms with van der Waals surface area (Å²) in [6, 6.07) is 5.70. The molecule has 0 spiro atoms. The summed E-state index contributed by atoms with van der Waals surface area (Å²) >= 11 is 0. The summed E-state index contributed by atoms with van der Waals surface area (Å²) in [5.41, 5.74) is 6.52. The molecule has 2 atom stereocenters. The minimum atomic E-state index is -0.288. The Kier molecular flexibility index (Phi) is 4.49. The highest BCUT2D eigenvalue weighted by atomic mass is 16.5. The molecule has 2 N–H and O–H groups in total. The van der Waals surface area contributed by atoms with Gasteiger partial charge in [0.15, 0.2) is 0 Å². The van der Waals surface area contributed by atoms with Crippen LogP contribution < -0.4 is 15.2 Å². The molecule has 0 bridgehead atoms. The first-order valence-electron chi connectivity index (χ1n) is 6.85. The minimum Gasteiger partial charge on any atom is -0.497 e. The minimum absolute atomic E-state index is 0.165. The first kappa shape index (κ1) is 14.7. The number of ether oxygens (including phenoxy) is 2. The molecule has 0 radical (unpaired) electrons. The molecule has 20 heavy (non-hydrogen) atoms. The molecule has 1 aromatic rings. The maximum absolute atomic E-state index is 11.4. The van der Waals surface area contributed by atoms with E-state index in [1.807, 2.05) is 25.1 Å². The highest BCUT2D eigenvalue weighted by Gasteiger charge is 2.33. The summed E-state index contributed by atoms with van der Waals surface area (Å²) in [6.07, 6.45) is 2.05. The van der Waals surface area contributed by atoms with Crippen molar-refractivity contribution in [3.05, 3.63) is 23.8 Å². The van der Waals surface area contributed by atoms with Crippen LogP contribution in [0, 0.1) is 0 Å². The van der Waals surface area contributed by atoms with Crippen molar-refractivity contribution in [2.45, 2.75) is 31.8 Å². The molecule has 0 unspecified atom stereocenters. The molecule has 1 saturated heterocycles. The van der Waals surface area contributed by atoms with Crippen molar-refractivity contribution in [2.75, 3.05) is 20.8 Å². The maximum atomic E-state index is 11.4. The molecule has 1 aromatic carbocycles. The summed E-state index contributed by atoms with van der Waals surface area (Å²) in [5.74, 6) is 1.26. The summed E-state index contributed by atoms with van der Waals surface area (Å²) < 4.78 is 10.7. The van der Waals surface area contributed by atoms with E-state index in [2.05, 4.69) is 4.90 Å². The lowest BCUT2D eigenvalue weighted by Gasteiger charge is -2.29. The van der Waals surface area contributed by atoms with E-state index in [9.17, 15) is 4.79 Å². The third kappa shape index (κ3) is 2.72. The predicted molar refractivity (Wildman–Crippen MR) is 76.9 cm³/mol. The molecule has 1 fully saturated rings. The van der Waals surface area contributed by atoms with Crippen molar-refractivity contribution in [3.63, 3.8) is 0 Å². The predicted octanol–water partition coefficient (Wildman–Crippen LogP) is 1.71. The van der Waals surface area contributed by atoms with Gasteiger partial charge in [-0.15, -0.1) is 0 Å². The fourth-order valence-electron chi connectivity index (χ4n) is 2.84. The van der Waals surface area contributed by atoms with E-state index in [1.54, 1.807) is 14.2 Å². The summed E-state index contributed by atoms with van der Waals surface area (Å²) in [7, 11) is 3.28. The van der Waals surface area contributed by atoms with Crippen LogP contribution in [0.25, 0.3) is 0 Å². The zero-order valence-corrected chi connectivity index (χ0v) is 12.3. The van der Waals surface area contributed by atoms with Crippen molar-refractivity contribution >= 4 is 5.91 Å². The average molecular weight is 278 g/mol. The Bertz CT molecular complexity index is 490. The van der Waals surface area contributed by atoms with Crippen LogP contribution in [-0.2, 0) is 4.79 Å². The van der Waals surface area contributed by atoms with Crippen LogP contribution in [0.15, 0.2) is 18.2 Å². The molecule has 0 aliphatic carbocycles. The van der Waals surface area contributed by atoms with Gasteiger partial charge in [0, 0.05) is 17.7 Å². The van der Waals surface area contributed by atoms with Crippen LogP contribution in [0.3, 0.4) is 0 Å². The first-order chi connectivity index (χ1) is 9.58. The second-order valence-electron chi connectivity index (χ2n) is 5.08. The SMILES string of the molecule is COc1ccc([C@H]2CCCN2[C@H](C)C(N)=O)c(OC)c1. The van der Waals surface area contributed by atoms with Crippen LogP contribution >= 0.6 is 0 Å². The number of methoxy groups -OCH3 is 2. The second-order valence-corrected chi connectivity index (χ2v) is 5.08. The molecule has 1 aliphatic heterocycles. The van der Waals surface area contributed by atoms with E-state index < -0.39 is 0 Å². The molecular weight excluding hydrogens is 256 g/mol. The van der Waals surface area contributed by atoms with E-state index in [1.165, 1.54) is 0 Å². The Morgan fingerprint density at radius 2 is 2.15 bits per heavy atom. The molecule has 5 nitrogen and oxygen atoms in total. The van der Waals surface area contributed by atoms with Crippen LogP contribution in [0.4, 0.5) is 0 Å². The Hall–Kier alpha value is -1.75. The van der Waals surface area contributed by atoms with Crippen LogP contribution in [0.2, 0.25) is 0 Å². The van der Waals surface area contributed by atoms with Gasteiger partial charge in [0.05, 0.1) is 20.3 Å². The fraction of sp³-hybridized carbons (Fsp3) is 0.533. The van der Waals surface area contributed by atoms with Crippen molar-refractivity contribution in [3.8, 4) is 11.5 Å². The molecular formula is C15H22N2O3. The number of carbonyl (C=O) groups excluding carboxylic acids is 1. The molecule has 0 saturated carbocycles. The van der Waals surface area contributed by atoms with Crippen LogP contribution in [0.1, 0.15) is 31.4 Å². The third-order valence-corrected chi connectivity index (χ3v) is 4.00. The van der Waals surface area contributed by atoms with Crippen molar-refractivity contribution in [1.29, 1.82) is 0 Å². The van der Waals surface area contributed by atoms with E-state index in [-0.39, 0.29) is 18.0 Å². The maximum Gasteiger partial charge on any atom is 0.234 e. The van der Waals surface area contributed by atoms with Crippen molar-refractivity contribution < 1.29 is 14.3 Å². The number of amides is 1. The molecule has 1 amide bonds. The van der Waals surface area contributed by atoms with Gasteiger partial charge in [-0.05, 0) is 32.4 Å². The van der Waals surface area contributed by atoms with Crippen molar-refractivity contribution in [1.82, 2.24) is 4.90 Å². The molecule has 1 heterocycles. The lowest BCUT2D eigenvalue weighted by molar-refractivity contribution is -0.123. The topological polar surface area (TPSA) is 64.8 Å². The molecule has 2 rings (SSSR count). The Labute approximate surface area is 119 Å². The second kappa shape index (κ2) is 6.13. The lowest BCUT2D eigenvalue weighted by Crippen LogP contribution is -2.42. The number of rotatable bonds is 5. The molecule has 110 valence electrons. The van der Waals surface area contributed by atoms with E-state index >= 15 is 0 Å². The van der Waals surface area contributed by atoms with Gasteiger partial charge in [-0.25, -0.2) is 0 Å². The Morgan fingerprint density at radius 3 is 2.75 bits per heavy atom. The summed E-state index contributed by atoms with van der Waals surface area (Å²) in [4.78, 5) is 13.6. The third-order valence-electron chi connectivity index (χ3n) is 4.00. The number of benzene rings is 1. The monoisotopic (exact) mass is 278 g/mol. The summed E-state index contributed by atoms with van der Waals surface area (Å²) in [5, 5.41) is 0. The van der Waals surface area contributed by atoms with E-state index in [0.717, 1.165) is 36.4 Å². The van der Waals surface area contributed by atoms with E-state index in [0.29, 0.717) is 0 Å². The number of primary amides is 1. The number of likely N-dealkylation sites (tertiary alicyclic amines) is 1. The molecule has 0 aromatic heterocycles. The van der Waals surface area contributed by atoms with Gasteiger partial charge in [0.1, 0.15) is 11.5 Å². The zero-order chi connectivity index (χ0) is 14.7. The molecule has 1 aliphatic rings. The quantitative estimate of drug-likeness (QED) is 0.890. The van der Waals surface area contributed by atoms with E-state index in [4.69, 9.17) is 15.2 Å². The number of hydrogen-bond donors (Lipinski definition) is 1. The van der Waals surface area contributed by atoms with Crippen LogP contribution in [-0.4, -0.2) is 37.6 Å². The zero-order valence-electron chi connectivity index (χ0n) is 12.3. The lowest BCUT2D eigenvalue weighted by atomic mass is 10.0. The van der Waals surface area contributed by atoms with Crippen LogP contribution in [0.5, 0.6) is 11.5 Å². The molecule has 5 heteroatoms. The van der Waals surface area contributed by atoms with Gasteiger partial charge in [0.2, 0.25) is 5.91 Å². The Morgan fingerprint density at radius 1 is 1.40 bits per heavy atom. The fourth-order valence-corrected chi connectivity index (χ4v) is 2.84. The van der Waals surface area contributed by atoms with Gasteiger partial charge in [-0.1, -0.05) is 6.07 Å². The van der Waals surface area contributed by atoms with Gasteiger partial charge in [-0.2, -0.15) is 0 Å². The van der Waals surface area contributed by atoms with Gasteiger partial charge < -0.3 is 15.2 Å². The largest absolute Gasteiger partial charge is 0.497 e. The number of hydrogen-bond acceptors (Lipinski definition) is 4. The Balaban J connectivity index is 2.32. The van der Waals surface area contributed by atoms with Crippen molar-refractivity contribution in [2.24, 2.45) is 5.73 Å². The number of nitrogens with two attached hydrogens (primary N) is 1. The van der Waals surface area contributed by atoms with Gasteiger partial charge >= 0.3 is 0 Å². The average Bonchev–Trinajstić information content (AvgIpc) is 2.94. The number of carbonyl (C=O) groups is 1. The van der Waals surface area contributed by atoms with Gasteiger partial charge in [0.25, 0.3) is 0 Å². The normalized spacial score (nSPS) is 20.6. The number of nitrogens with zero attached hydrogens (tertiary/aromatic N) is 1. The summed E-state index contributed by atoms with van der Waals surface area (Å²) in [6.45, 7) is 2.74. The highest BCUT2D eigenvalue weighted by molar-refractivity contribution is 5.79. The first-order valence-corrected chi connectivity index (χ1v) is 6.85. The standard InChI is InChI=1S/C15H22N2O3/c1-10(15(16)18)17-8-4-5-13(17)12-7-6-11(19-2)9-14(12)20-3/h6-7,9-10,13H,4-5,8H2,1-3H3,(H2,16,18)/t10-,13-/m1/s1.